The highest BCUT2D eigenvalue weighted by atomic mass is 35.5. The molecule has 22 heteroatoms. The Hall–Kier alpha value is -6.42. The Morgan fingerprint density at radius 1 is 0.547 bits per heavy atom. The first-order valence-electron chi connectivity index (χ1n) is 19.7. The smallest absolute Gasteiger partial charge is 0.259 e. The molecule has 18 nitrogen and oxygen atoms in total. The summed E-state index contributed by atoms with van der Waals surface area (Å²) in [6.07, 6.45) is 2.79. The van der Waals surface area contributed by atoms with E-state index in [4.69, 9.17) is 34.7 Å². The number of anilines is 2. The van der Waals surface area contributed by atoms with Crippen LogP contribution >= 0.6 is 23.2 Å². The Labute approximate surface area is 375 Å². The van der Waals surface area contributed by atoms with Gasteiger partial charge < -0.3 is 31.2 Å². The van der Waals surface area contributed by atoms with E-state index in [-0.39, 0.29) is 61.1 Å². The number of aromatic nitrogens is 6. The van der Waals surface area contributed by atoms with E-state index in [1.165, 1.54) is 27.3 Å². The van der Waals surface area contributed by atoms with Crippen LogP contribution in [0.5, 0.6) is 0 Å². The normalized spacial score (nSPS) is 15.7. The molecule has 6 N–H and O–H groups in total. The fraction of sp³-hybridized carbons (Fsp3) is 0.190. The molecule has 8 aromatic rings. The van der Waals surface area contributed by atoms with Gasteiger partial charge in [-0.2, -0.15) is 8.61 Å². The number of aromatic amines is 2. The van der Waals surface area contributed by atoms with Gasteiger partial charge in [0.25, 0.3) is 20.0 Å². The van der Waals surface area contributed by atoms with Crippen LogP contribution in [0.25, 0.3) is 43.6 Å². The maximum Gasteiger partial charge on any atom is 0.259 e. The van der Waals surface area contributed by atoms with Crippen LogP contribution in [0.3, 0.4) is 0 Å². The van der Waals surface area contributed by atoms with E-state index in [1.807, 2.05) is 36.4 Å². The molecule has 64 heavy (non-hydrogen) atoms. The molecular formula is C42H38Cl2N12O6S2. The predicted molar refractivity (Wildman–Crippen MR) is 243 cm³/mol. The van der Waals surface area contributed by atoms with E-state index in [0.29, 0.717) is 62.2 Å². The van der Waals surface area contributed by atoms with Gasteiger partial charge in [-0.15, -0.1) is 0 Å². The Kier molecular flexibility index (Phi) is 11.3. The highest BCUT2D eigenvalue weighted by molar-refractivity contribution is 7.89. The van der Waals surface area contributed by atoms with Crippen LogP contribution in [0.15, 0.2) is 108 Å². The maximum absolute atomic E-state index is 13.1. The highest BCUT2D eigenvalue weighted by Gasteiger charge is 2.35. The first-order valence-corrected chi connectivity index (χ1v) is 23.4. The average Bonchev–Trinajstić information content (AvgIpc) is 3.91. The van der Waals surface area contributed by atoms with Crippen LogP contribution in [-0.2, 0) is 42.7 Å². The number of nitrogen functional groups attached to an aromatic ring is 2. The monoisotopic (exact) mass is 940 g/mol. The van der Waals surface area contributed by atoms with Gasteiger partial charge in [0.2, 0.25) is 11.8 Å². The van der Waals surface area contributed by atoms with Crippen LogP contribution in [0.1, 0.15) is 11.1 Å². The van der Waals surface area contributed by atoms with Crippen molar-refractivity contribution in [2.24, 2.45) is 0 Å². The second kappa shape index (κ2) is 16.9. The third-order valence-corrected chi connectivity index (χ3v) is 15.1. The second-order valence-corrected chi connectivity index (χ2v) is 19.9. The standard InChI is InChI=1S/2C21H19ClN6O3S/c22-15-3-2-14-8-19(26-17(14)9-15)32(30,31)28-6-5-27(20(29)11-28)10-13-1-4-16-18(7-13)24-12-25-21(16)23;22-15-2-4-17-14(8-15)9-19(26-17)32(30,31)28-6-5-27(20(29)11-28)10-13-1-3-16-18(7-13)24-12-25-21(16)23/h2*1-4,7-9,12,26H,5-6,10-11H2,(H2,23,24,25). The van der Waals surface area contributed by atoms with Crippen molar-refractivity contribution in [3.63, 3.8) is 0 Å². The number of carbonyl (C=O) groups is 2. The van der Waals surface area contributed by atoms with Crippen molar-refractivity contribution in [1.82, 2.24) is 48.3 Å². The molecule has 2 amide bonds. The summed E-state index contributed by atoms with van der Waals surface area (Å²) in [7, 11) is -7.69. The molecule has 0 radical (unpaired) electrons. The number of carbonyl (C=O) groups excluding carboxylic acids is 2. The molecule has 4 aromatic heterocycles. The lowest BCUT2D eigenvalue weighted by molar-refractivity contribution is -0.135. The van der Waals surface area contributed by atoms with Gasteiger partial charge in [0.1, 0.15) is 34.3 Å². The SMILES string of the molecule is Nc1ncnc2cc(CN3CCN(S(=O)(=O)c4cc5cc(Cl)ccc5[nH]4)CC3=O)ccc12.Nc1ncnc2cc(CN3CCN(S(=O)(=O)c4cc5ccc(Cl)cc5[nH]4)CC3=O)ccc12. The number of piperazine rings is 2. The van der Waals surface area contributed by atoms with Gasteiger partial charge in [-0.25, -0.2) is 36.8 Å². The van der Waals surface area contributed by atoms with Crippen molar-refractivity contribution >= 4 is 110 Å². The Morgan fingerprint density at radius 2 is 1.03 bits per heavy atom. The zero-order valence-electron chi connectivity index (χ0n) is 33.6. The van der Waals surface area contributed by atoms with E-state index >= 15 is 0 Å². The molecule has 0 saturated carbocycles. The fourth-order valence-corrected chi connectivity index (χ4v) is 10.9. The van der Waals surface area contributed by atoms with E-state index in [2.05, 4.69) is 29.9 Å². The fourth-order valence-electron chi connectivity index (χ4n) is 7.71. The third kappa shape index (κ3) is 8.50. The molecule has 328 valence electrons. The summed E-state index contributed by atoms with van der Waals surface area (Å²) in [6.45, 7) is 1.25. The van der Waals surface area contributed by atoms with Crippen LogP contribution in [0, 0.1) is 0 Å². The highest BCUT2D eigenvalue weighted by Crippen LogP contribution is 2.28. The van der Waals surface area contributed by atoms with Crippen LogP contribution in [0.2, 0.25) is 10.0 Å². The summed E-state index contributed by atoms with van der Waals surface area (Å²) in [5.74, 6) is 0.272. The molecular weight excluding hydrogens is 904 g/mol. The minimum Gasteiger partial charge on any atom is -0.383 e. The van der Waals surface area contributed by atoms with Crippen molar-refractivity contribution in [3.05, 3.63) is 119 Å². The number of hydrogen-bond acceptors (Lipinski definition) is 12. The van der Waals surface area contributed by atoms with Crippen molar-refractivity contribution < 1.29 is 26.4 Å². The van der Waals surface area contributed by atoms with Gasteiger partial charge in [0.05, 0.1) is 24.1 Å². The Morgan fingerprint density at radius 3 is 1.56 bits per heavy atom. The van der Waals surface area contributed by atoms with Gasteiger partial charge in [-0.05, 0) is 77.9 Å². The lowest BCUT2D eigenvalue weighted by atomic mass is 10.1. The molecule has 0 spiro atoms. The molecule has 2 fully saturated rings. The van der Waals surface area contributed by atoms with Crippen LogP contribution in [-0.4, -0.2) is 116 Å². The number of hydrogen-bond donors (Lipinski definition) is 4. The van der Waals surface area contributed by atoms with Gasteiger partial charge in [-0.1, -0.05) is 41.4 Å². The number of nitrogens with zero attached hydrogens (tertiary/aromatic N) is 8. The summed E-state index contributed by atoms with van der Waals surface area (Å²) in [5.41, 5.74) is 16.2. The molecule has 0 atom stereocenters. The van der Waals surface area contributed by atoms with E-state index in [9.17, 15) is 26.4 Å². The molecule has 2 aliphatic heterocycles. The summed E-state index contributed by atoms with van der Waals surface area (Å²) in [6, 6.07) is 24.4. The number of rotatable bonds is 8. The van der Waals surface area contributed by atoms with Crippen molar-refractivity contribution in [2.75, 3.05) is 50.7 Å². The lowest BCUT2D eigenvalue weighted by Gasteiger charge is -2.33. The van der Waals surface area contributed by atoms with Crippen LogP contribution in [0.4, 0.5) is 11.6 Å². The summed E-state index contributed by atoms with van der Waals surface area (Å²) < 4.78 is 54.8. The number of benzene rings is 4. The molecule has 6 heterocycles. The number of nitrogens with one attached hydrogen (secondary N) is 2. The topological polar surface area (TPSA) is 251 Å². The zero-order chi connectivity index (χ0) is 44.9. The van der Waals surface area contributed by atoms with Gasteiger partial charge >= 0.3 is 0 Å². The lowest BCUT2D eigenvalue weighted by Crippen LogP contribution is -2.51. The number of sulfonamides is 2. The first kappa shape index (κ1) is 42.9. The quantitative estimate of drug-likeness (QED) is 0.161. The largest absolute Gasteiger partial charge is 0.383 e. The Bertz CT molecular complexity index is 3160. The molecule has 4 aromatic carbocycles. The maximum atomic E-state index is 13.1. The number of H-pyrrole nitrogens is 2. The predicted octanol–water partition coefficient (Wildman–Crippen LogP) is 4.76. The van der Waals surface area contributed by atoms with E-state index in [1.54, 1.807) is 52.3 Å². The number of fused-ring (bicyclic) bond motifs is 4. The molecule has 2 aliphatic rings. The number of halogens is 2. The minimum atomic E-state index is -3.84. The third-order valence-electron chi connectivity index (χ3n) is 11.1. The van der Waals surface area contributed by atoms with E-state index < -0.39 is 20.0 Å². The van der Waals surface area contributed by atoms with Crippen molar-refractivity contribution in [2.45, 2.75) is 23.1 Å². The van der Waals surface area contributed by atoms with Crippen LogP contribution < -0.4 is 11.5 Å². The number of nitrogens with two attached hydrogens (primary N) is 2. The van der Waals surface area contributed by atoms with Crippen molar-refractivity contribution in [3.8, 4) is 0 Å². The number of amides is 2. The van der Waals surface area contributed by atoms with Gasteiger partial charge in [-0.3, -0.25) is 9.59 Å². The van der Waals surface area contributed by atoms with Crippen molar-refractivity contribution in [1.29, 1.82) is 0 Å². The molecule has 10 rings (SSSR count). The van der Waals surface area contributed by atoms with Gasteiger partial charge in [0, 0.05) is 81.9 Å². The minimum absolute atomic E-state index is 0.0443. The first-order chi connectivity index (χ1) is 30.6. The average molecular weight is 942 g/mol. The molecule has 0 bridgehead atoms. The summed E-state index contributed by atoms with van der Waals surface area (Å²) >= 11 is 12.0. The Balaban J connectivity index is 0.000000162. The summed E-state index contributed by atoms with van der Waals surface area (Å²) in [5, 5.41) is 4.05. The molecule has 0 aliphatic carbocycles. The van der Waals surface area contributed by atoms with Gasteiger partial charge in [0.15, 0.2) is 0 Å². The zero-order valence-corrected chi connectivity index (χ0v) is 36.8. The van der Waals surface area contributed by atoms with E-state index in [0.717, 1.165) is 27.3 Å². The summed E-state index contributed by atoms with van der Waals surface area (Å²) in [4.78, 5) is 51.0. The molecule has 0 unspecified atom stereocenters. The second-order valence-electron chi connectivity index (χ2n) is 15.3. The molecule has 2 saturated heterocycles.